The van der Waals surface area contributed by atoms with Gasteiger partial charge in [-0.15, -0.1) is 0 Å². The molecule has 0 unspecified atom stereocenters. The summed E-state index contributed by atoms with van der Waals surface area (Å²) >= 11 is 1.45. The average molecular weight is 318 g/mol. The van der Waals surface area contributed by atoms with Gasteiger partial charge in [-0.3, -0.25) is 14.7 Å². The van der Waals surface area contributed by atoms with Gasteiger partial charge in [-0.1, -0.05) is 17.8 Å². The third-order valence-corrected chi connectivity index (χ3v) is 4.17. The lowest BCUT2D eigenvalue weighted by molar-refractivity contribution is -0.119. The number of thioether (sulfide) groups is 1. The Hall–Kier alpha value is -2.28. The van der Waals surface area contributed by atoms with Crippen LogP contribution in [0, 0.1) is 13.8 Å². The molecule has 7 heteroatoms. The van der Waals surface area contributed by atoms with Crippen molar-refractivity contribution in [3.63, 3.8) is 0 Å². The van der Waals surface area contributed by atoms with Gasteiger partial charge in [-0.05, 0) is 37.1 Å². The van der Waals surface area contributed by atoms with Crippen molar-refractivity contribution in [2.45, 2.75) is 25.4 Å². The predicted octanol–water partition coefficient (Wildman–Crippen LogP) is 2.17. The van der Waals surface area contributed by atoms with Gasteiger partial charge in [0, 0.05) is 30.3 Å². The van der Waals surface area contributed by atoms with Gasteiger partial charge in [0.2, 0.25) is 5.91 Å². The Morgan fingerprint density at radius 1 is 1.32 bits per heavy atom. The van der Waals surface area contributed by atoms with Crippen molar-refractivity contribution in [2.24, 2.45) is 5.73 Å². The number of hydrogen-bond donors (Lipinski definition) is 2. The molecule has 2 rings (SSSR count). The molecule has 116 valence electrons. The topological polar surface area (TPSA) is 90.0 Å². The number of hydrogen-bond acceptors (Lipinski definition) is 4. The fraction of sp³-hybridized carbons (Fsp3) is 0.267. The van der Waals surface area contributed by atoms with Crippen molar-refractivity contribution in [1.82, 2.24) is 14.9 Å². The maximum absolute atomic E-state index is 11.4. The first kappa shape index (κ1) is 16.1. The highest BCUT2D eigenvalue weighted by Gasteiger charge is 2.09. The number of nitrogens with one attached hydrogen (secondary N) is 1. The summed E-state index contributed by atoms with van der Waals surface area (Å²) < 4.78 is 1.98. The molecule has 0 aliphatic carbocycles. The number of amides is 3. The van der Waals surface area contributed by atoms with Gasteiger partial charge >= 0.3 is 6.03 Å². The normalized spacial score (nSPS) is 10.5. The highest BCUT2D eigenvalue weighted by molar-refractivity contribution is 7.99. The number of urea groups is 1. The van der Waals surface area contributed by atoms with E-state index in [1.807, 2.05) is 22.1 Å². The second-order valence-electron chi connectivity index (χ2n) is 4.86. The van der Waals surface area contributed by atoms with E-state index in [0.717, 1.165) is 10.8 Å². The molecule has 0 aliphatic heterocycles. The van der Waals surface area contributed by atoms with E-state index in [1.165, 1.54) is 22.9 Å². The zero-order valence-corrected chi connectivity index (χ0v) is 13.3. The number of rotatable bonds is 5. The highest BCUT2D eigenvalue weighted by atomic mass is 32.2. The van der Waals surface area contributed by atoms with Gasteiger partial charge < -0.3 is 5.73 Å². The average Bonchev–Trinajstić information content (AvgIpc) is 2.89. The molecule has 1 aromatic carbocycles. The van der Waals surface area contributed by atoms with Crippen LogP contribution in [0.5, 0.6) is 0 Å². The Morgan fingerprint density at radius 3 is 2.77 bits per heavy atom. The molecule has 3 amide bonds. The number of nitrogens with two attached hydrogens (primary N) is 1. The first-order chi connectivity index (χ1) is 10.5. The van der Waals surface area contributed by atoms with Crippen molar-refractivity contribution in [1.29, 1.82) is 0 Å². The second-order valence-corrected chi connectivity index (χ2v) is 5.92. The van der Waals surface area contributed by atoms with E-state index in [0.29, 0.717) is 5.75 Å². The Bertz CT molecular complexity index is 697. The smallest absolute Gasteiger partial charge is 0.318 e. The zero-order chi connectivity index (χ0) is 16.1. The van der Waals surface area contributed by atoms with E-state index in [1.54, 1.807) is 6.20 Å². The number of imidazole rings is 1. The van der Waals surface area contributed by atoms with Crippen LogP contribution in [0.3, 0.4) is 0 Å². The summed E-state index contributed by atoms with van der Waals surface area (Å²) in [6, 6.07) is 5.38. The van der Waals surface area contributed by atoms with Crippen molar-refractivity contribution >= 4 is 23.7 Å². The molecular weight excluding hydrogens is 300 g/mol. The van der Waals surface area contributed by atoms with E-state index < -0.39 is 6.03 Å². The molecule has 0 saturated carbocycles. The minimum atomic E-state index is -0.827. The Balaban J connectivity index is 2.02. The molecule has 3 N–H and O–H groups in total. The summed E-state index contributed by atoms with van der Waals surface area (Å²) in [5, 5.41) is 2.84. The van der Waals surface area contributed by atoms with Gasteiger partial charge in [-0.2, -0.15) is 0 Å². The molecule has 2 aromatic rings. The quantitative estimate of drug-likeness (QED) is 0.827. The van der Waals surface area contributed by atoms with Crippen molar-refractivity contribution < 1.29 is 9.59 Å². The summed E-state index contributed by atoms with van der Waals surface area (Å²) in [5.74, 6) is 0.130. The molecule has 1 aromatic heterocycles. The van der Waals surface area contributed by atoms with Crippen LogP contribution in [-0.2, 0) is 4.79 Å². The fourth-order valence-electron chi connectivity index (χ4n) is 1.90. The maximum Gasteiger partial charge on any atom is 0.318 e. The number of carbonyl (C=O) groups is 2. The van der Waals surface area contributed by atoms with E-state index in [9.17, 15) is 9.59 Å². The molecule has 0 spiro atoms. The second kappa shape index (κ2) is 7.13. The summed E-state index contributed by atoms with van der Waals surface area (Å²) in [6.45, 7) is 4.14. The lowest BCUT2D eigenvalue weighted by atomic mass is 10.1. The summed E-state index contributed by atoms with van der Waals surface area (Å²) in [4.78, 5) is 26.2. The van der Waals surface area contributed by atoms with Crippen LogP contribution >= 0.6 is 11.8 Å². The molecule has 6 nitrogen and oxygen atoms in total. The first-order valence-electron chi connectivity index (χ1n) is 6.80. The number of carbonyl (C=O) groups excluding carboxylic acids is 2. The third kappa shape index (κ3) is 4.11. The summed E-state index contributed by atoms with van der Waals surface area (Å²) in [7, 11) is 0. The van der Waals surface area contributed by atoms with Gasteiger partial charge in [-0.25, -0.2) is 9.78 Å². The molecule has 0 radical (unpaired) electrons. The molecule has 0 atom stereocenters. The Kier molecular flexibility index (Phi) is 5.21. The Labute approximate surface area is 133 Å². The minimum absolute atomic E-state index is 0.202. The molecule has 0 aliphatic rings. The third-order valence-electron chi connectivity index (χ3n) is 3.20. The molecule has 0 bridgehead atoms. The predicted molar refractivity (Wildman–Crippen MR) is 86.1 cm³/mol. The van der Waals surface area contributed by atoms with Crippen LogP contribution in [0.2, 0.25) is 0 Å². The van der Waals surface area contributed by atoms with Crippen LogP contribution in [0.25, 0.3) is 5.69 Å². The number of aromatic nitrogens is 2. The summed E-state index contributed by atoms with van der Waals surface area (Å²) in [5.41, 5.74) is 8.37. The molecule has 0 saturated heterocycles. The SMILES string of the molecule is Cc1ccc(-n2ccnc2SCCC(=O)NC(N)=O)cc1C. The number of benzene rings is 1. The van der Waals surface area contributed by atoms with Crippen LogP contribution < -0.4 is 11.1 Å². The van der Waals surface area contributed by atoms with Gasteiger partial charge in [0.25, 0.3) is 0 Å². The maximum atomic E-state index is 11.4. The van der Waals surface area contributed by atoms with Crippen LogP contribution in [-0.4, -0.2) is 27.2 Å². The lowest BCUT2D eigenvalue weighted by Crippen LogP contribution is -2.35. The molecule has 0 fully saturated rings. The number of primary amides is 1. The number of nitrogens with zero attached hydrogens (tertiary/aromatic N) is 2. The van der Waals surface area contributed by atoms with Gasteiger partial charge in [0.05, 0.1) is 0 Å². The van der Waals surface area contributed by atoms with Crippen molar-refractivity contribution in [3.05, 3.63) is 41.7 Å². The van der Waals surface area contributed by atoms with Crippen LogP contribution in [0.1, 0.15) is 17.5 Å². The number of imide groups is 1. The largest absolute Gasteiger partial charge is 0.351 e. The van der Waals surface area contributed by atoms with Crippen molar-refractivity contribution in [3.8, 4) is 5.69 Å². The van der Waals surface area contributed by atoms with E-state index >= 15 is 0 Å². The van der Waals surface area contributed by atoms with Crippen LogP contribution in [0.15, 0.2) is 35.7 Å². The first-order valence-corrected chi connectivity index (χ1v) is 7.79. The standard InChI is InChI=1S/C15H18N4O2S/c1-10-3-4-12(9-11(10)2)19-7-6-17-15(19)22-8-5-13(20)18-14(16)21/h3-4,6-7,9H,5,8H2,1-2H3,(H3,16,18,20,21). The van der Waals surface area contributed by atoms with Crippen molar-refractivity contribution in [2.75, 3.05) is 5.75 Å². The molecule has 1 heterocycles. The molecular formula is C15H18N4O2S. The van der Waals surface area contributed by atoms with Crippen LogP contribution in [0.4, 0.5) is 4.79 Å². The van der Waals surface area contributed by atoms with E-state index in [2.05, 4.69) is 31.0 Å². The molecule has 22 heavy (non-hydrogen) atoms. The minimum Gasteiger partial charge on any atom is -0.351 e. The van der Waals surface area contributed by atoms with E-state index in [-0.39, 0.29) is 12.3 Å². The fourth-order valence-corrected chi connectivity index (χ4v) is 2.81. The van der Waals surface area contributed by atoms with Gasteiger partial charge in [0.15, 0.2) is 5.16 Å². The lowest BCUT2D eigenvalue weighted by Gasteiger charge is -2.09. The summed E-state index contributed by atoms with van der Waals surface area (Å²) in [6.07, 6.45) is 3.81. The highest BCUT2D eigenvalue weighted by Crippen LogP contribution is 2.22. The monoisotopic (exact) mass is 318 g/mol. The zero-order valence-electron chi connectivity index (χ0n) is 12.5. The van der Waals surface area contributed by atoms with E-state index in [4.69, 9.17) is 5.73 Å². The number of aryl methyl sites for hydroxylation is 2. The van der Waals surface area contributed by atoms with Gasteiger partial charge in [0.1, 0.15) is 0 Å². The Morgan fingerprint density at radius 2 is 2.09 bits per heavy atom.